The first-order chi connectivity index (χ1) is 17.7. The fourth-order valence-electron chi connectivity index (χ4n) is 4.57. The molecular formula is C31H46N2O3. The van der Waals surface area contributed by atoms with Gasteiger partial charge in [-0.25, -0.2) is 0 Å². The van der Waals surface area contributed by atoms with E-state index in [9.17, 15) is 15.2 Å². The zero-order valence-electron chi connectivity index (χ0n) is 22.4. The highest BCUT2D eigenvalue weighted by Crippen LogP contribution is 2.18. The predicted molar refractivity (Wildman–Crippen MR) is 147 cm³/mol. The van der Waals surface area contributed by atoms with Crippen LogP contribution < -0.4 is 10.2 Å². The summed E-state index contributed by atoms with van der Waals surface area (Å²) in [5.41, 5.74) is 0.820. The molecule has 1 aromatic heterocycles. The minimum atomic E-state index is -0.284. The molecule has 0 saturated carbocycles. The number of benzene rings is 1. The number of hydrogen-bond acceptors (Lipinski definition) is 4. The van der Waals surface area contributed by atoms with E-state index in [0.717, 1.165) is 18.4 Å². The van der Waals surface area contributed by atoms with Crippen LogP contribution in [-0.2, 0) is 13.2 Å². The summed E-state index contributed by atoms with van der Waals surface area (Å²) in [4.78, 5) is 12.3. The zero-order chi connectivity index (χ0) is 25.8. The first-order valence-electron chi connectivity index (χ1n) is 14.2. The molecule has 198 valence electrons. The van der Waals surface area contributed by atoms with Gasteiger partial charge in [0.15, 0.2) is 5.69 Å². The highest BCUT2D eigenvalue weighted by molar-refractivity contribution is 5.38. The van der Waals surface area contributed by atoms with Crippen molar-refractivity contribution in [3.8, 4) is 17.6 Å². The maximum atomic E-state index is 12.3. The van der Waals surface area contributed by atoms with Crippen molar-refractivity contribution in [1.82, 2.24) is 4.57 Å². The van der Waals surface area contributed by atoms with E-state index in [-0.39, 0.29) is 29.2 Å². The van der Waals surface area contributed by atoms with Gasteiger partial charge in [-0.1, -0.05) is 115 Å². The molecule has 2 aromatic rings. The largest absolute Gasteiger partial charge is 0.508 e. The average molecular weight is 495 g/mol. The van der Waals surface area contributed by atoms with Crippen molar-refractivity contribution in [2.45, 2.75) is 123 Å². The van der Waals surface area contributed by atoms with E-state index < -0.39 is 0 Å². The molecule has 0 radical (unpaired) electrons. The Hall–Kier alpha value is -2.74. The number of nitrogens with zero attached hydrogens (tertiary/aromatic N) is 2. The number of unbranched alkanes of at least 4 members (excludes halogenated alkanes) is 15. The van der Waals surface area contributed by atoms with Crippen LogP contribution in [0.15, 0.2) is 41.3 Å². The van der Waals surface area contributed by atoms with Crippen molar-refractivity contribution in [3.05, 3.63) is 58.0 Å². The summed E-state index contributed by atoms with van der Waals surface area (Å²) >= 11 is 0. The average Bonchev–Trinajstić information content (AvgIpc) is 2.89. The smallest absolute Gasteiger partial charge is 0.224 e. The molecule has 0 spiro atoms. The van der Waals surface area contributed by atoms with Gasteiger partial charge in [0, 0.05) is 18.8 Å². The van der Waals surface area contributed by atoms with Gasteiger partial charge in [0.2, 0.25) is 11.2 Å². The molecule has 1 N–H and O–H groups in total. The van der Waals surface area contributed by atoms with Crippen LogP contribution in [0.5, 0.6) is 11.5 Å². The summed E-state index contributed by atoms with van der Waals surface area (Å²) < 4.78 is 7.55. The minimum absolute atomic E-state index is 0.101. The summed E-state index contributed by atoms with van der Waals surface area (Å²) in [6, 6.07) is 10.2. The SMILES string of the molecule is CCCCCCCCCCCCCCCCCCn1ccc(=O)c(OCc2ccc(O)cc2)c1C#N. The molecule has 0 aliphatic heterocycles. The number of ether oxygens (including phenoxy) is 1. The topological polar surface area (TPSA) is 75.2 Å². The van der Waals surface area contributed by atoms with Crippen LogP contribution in [-0.4, -0.2) is 9.67 Å². The van der Waals surface area contributed by atoms with E-state index in [1.807, 2.05) is 4.57 Å². The van der Waals surface area contributed by atoms with Gasteiger partial charge in [0.25, 0.3) is 0 Å². The van der Waals surface area contributed by atoms with E-state index in [2.05, 4.69) is 13.0 Å². The molecule has 5 heteroatoms. The molecule has 0 aliphatic carbocycles. The lowest BCUT2D eigenvalue weighted by molar-refractivity contribution is 0.298. The van der Waals surface area contributed by atoms with Crippen molar-refractivity contribution >= 4 is 0 Å². The summed E-state index contributed by atoms with van der Waals surface area (Å²) in [5.74, 6) is 0.280. The van der Waals surface area contributed by atoms with Gasteiger partial charge in [-0.15, -0.1) is 0 Å². The number of aryl methyl sites for hydroxylation is 1. The van der Waals surface area contributed by atoms with Crippen molar-refractivity contribution in [2.24, 2.45) is 0 Å². The molecule has 0 saturated heterocycles. The van der Waals surface area contributed by atoms with Gasteiger partial charge in [0.05, 0.1) is 0 Å². The number of pyridine rings is 1. The molecular weight excluding hydrogens is 448 g/mol. The summed E-state index contributed by atoms with van der Waals surface area (Å²) in [5, 5.41) is 19.1. The predicted octanol–water partition coefficient (Wildman–Crippen LogP) is 8.27. The second-order valence-electron chi connectivity index (χ2n) is 9.92. The first kappa shape index (κ1) is 29.5. The number of hydrogen-bond donors (Lipinski definition) is 1. The number of phenolic OH excluding ortho intramolecular Hbond substituents is 1. The van der Waals surface area contributed by atoms with Crippen LogP contribution in [0.3, 0.4) is 0 Å². The van der Waals surface area contributed by atoms with Crippen LogP contribution in [0, 0.1) is 11.3 Å². The van der Waals surface area contributed by atoms with Gasteiger partial charge < -0.3 is 14.4 Å². The van der Waals surface area contributed by atoms with Crippen molar-refractivity contribution in [3.63, 3.8) is 0 Å². The number of aromatic hydroxyl groups is 1. The third-order valence-corrected chi connectivity index (χ3v) is 6.81. The normalized spacial score (nSPS) is 10.9. The van der Waals surface area contributed by atoms with Crippen molar-refractivity contribution in [1.29, 1.82) is 5.26 Å². The third kappa shape index (κ3) is 11.8. The van der Waals surface area contributed by atoms with Gasteiger partial charge in [-0.2, -0.15) is 5.26 Å². The van der Waals surface area contributed by atoms with E-state index in [1.165, 1.54) is 96.0 Å². The number of nitriles is 1. The maximum absolute atomic E-state index is 12.3. The fourth-order valence-corrected chi connectivity index (χ4v) is 4.57. The Balaban J connectivity index is 1.57. The van der Waals surface area contributed by atoms with E-state index >= 15 is 0 Å². The molecule has 0 unspecified atom stereocenters. The van der Waals surface area contributed by atoms with Gasteiger partial charge in [0.1, 0.15) is 18.4 Å². The molecule has 1 heterocycles. The van der Waals surface area contributed by atoms with Crippen LogP contribution in [0.4, 0.5) is 0 Å². The Morgan fingerprint density at radius 3 is 1.78 bits per heavy atom. The van der Waals surface area contributed by atoms with Gasteiger partial charge in [-0.3, -0.25) is 4.79 Å². The lowest BCUT2D eigenvalue weighted by atomic mass is 10.0. The standard InChI is InChI=1S/C31H46N2O3/c1-2-3-4-5-6-7-8-9-10-11-12-13-14-15-16-17-23-33-24-22-30(35)31(29(33)25-32)36-26-27-18-20-28(34)21-19-27/h18-22,24,34H,2-17,23,26H2,1H3. The lowest BCUT2D eigenvalue weighted by Gasteiger charge is -2.13. The molecule has 0 atom stereocenters. The second kappa shape index (κ2) is 18.5. The molecule has 0 aliphatic rings. The van der Waals surface area contributed by atoms with Gasteiger partial charge >= 0.3 is 0 Å². The number of phenols is 1. The molecule has 5 nitrogen and oxygen atoms in total. The Morgan fingerprint density at radius 2 is 1.28 bits per heavy atom. The summed E-state index contributed by atoms with van der Waals surface area (Å²) in [6.45, 7) is 3.15. The highest BCUT2D eigenvalue weighted by atomic mass is 16.5. The monoisotopic (exact) mass is 494 g/mol. The highest BCUT2D eigenvalue weighted by Gasteiger charge is 2.13. The van der Waals surface area contributed by atoms with Crippen LogP contribution in [0.2, 0.25) is 0 Å². The van der Waals surface area contributed by atoms with Crippen molar-refractivity contribution in [2.75, 3.05) is 0 Å². The quantitative estimate of drug-likeness (QED) is 0.188. The fraction of sp³-hybridized carbons (Fsp3) is 0.613. The molecule has 1 aromatic carbocycles. The van der Waals surface area contributed by atoms with Gasteiger partial charge in [-0.05, 0) is 24.1 Å². The Bertz CT molecular complexity index is 944. The van der Waals surface area contributed by atoms with E-state index in [4.69, 9.17) is 4.74 Å². The Morgan fingerprint density at radius 1 is 0.778 bits per heavy atom. The Labute approximate surface area is 218 Å². The van der Waals surface area contributed by atoms with Crippen LogP contribution in [0.25, 0.3) is 0 Å². The van der Waals surface area contributed by atoms with Crippen LogP contribution >= 0.6 is 0 Å². The Kier molecular flexibility index (Phi) is 15.2. The zero-order valence-corrected chi connectivity index (χ0v) is 22.4. The second-order valence-corrected chi connectivity index (χ2v) is 9.92. The van der Waals surface area contributed by atoms with Crippen molar-refractivity contribution < 1.29 is 9.84 Å². The molecule has 0 fully saturated rings. The van der Waals surface area contributed by atoms with E-state index in [0.29, 0.717) is 6.54 Å². The lowest BCUT2D eigenvalue weighted by Crippen LogP contribution is -2.15. The summed E-state index contributed by atoms with van der Waals surface area (Å²) in [7, 11) is 0. The molecule has 2 rings (SSSR count). The first-order valence-corrected chi connectivity index (χ1v) is 14.2. The number of rotatable bonds is 20. The molecule has 36 heavy (non-hydrogen) atoms. The van der Waals surface area contributed by atoms with E-state index in [1.54, 1.807) is 30.5 Å². The maximum Gasteiger partial charge on any atom is 0.224 e. The number of aromatic nitrogens is 1. The molecule has 0 amide bonds. The minimum Gasteiger partial charge on any atom is -0.508 e. The van der Waals surface area contributed by atoms with Crippen LogP contribution in [0.1, 0.15) is 121 Å². The summed E-state index contributed by atoms with van der Waals surface area (Å²) in [6.07, 6.45) is 22.9. The third-order valence-electron chi connectivity index (χ3n) is 6.81. The molecule has 0 bridgehead atoms.